The molecule has 1 N–H and O–H groups in total. The molecule has 0 bridgehead atoms. The molecule has 2 aromatic carbocycles. The van der Waals surface area contributed by atoms with E-state index < -0.39 is 0 Å². The monoisotopic (exact) mass is 391 g/mol. The first-order valence-electron chi connectivity index (χ1n) is 9.80. The standard InChI is InChI=1S/C23H25N3O3/c1-4-26-12-11-19-17(14-26)22(16-7-5-6-8-18(16)24-19)23(27)25-20-10-9-15(28-2)13-21(20)29-3/h5-10,13H,4,11-12,14H2,1-3H3,(H,25,27). The first-order chi connectivity index (χ1) is 14.1. The van der Waals surface area contributed by atoms with Crippen molar-refractivity contribution in [3.8, 4) is 11.5 Å². The summed E-state index contributed by atoms with van der Waals surface area (Å²) < 4.78 is 10.7. The number of anilines is 1. The minimum absolute atomic E-state index is 0.152. The third-order valence-electron chi connectivity index (χ3n) is 5.46. The van der Waals surface area contributed by atoms with E-state index in [0.717, 1.165) is 48.2 Å². The molecular weight excluding hydrogens is 366 g/mol. The van der Waals surface area contributed by atoms with Crippen molar-refractivity contribution in [2.24, 2.45) is 0 Å². The number of amides is 1. The van der Waals surface area contributed by atoms with E-state index in [0.29, 0.717) is 22.7 Å². The Bertz CT molecular complexity index is 1060. The Morgan fingerprint density at radius 2 is 2.00 bits per heavy atom. The van der Waals surface area contributed by atoms with E-state index in [2.05, 4.69) is 17.1 Å². The summed E-state index contributed by atoms with van der Waals surface area (Å²) in [5, 5.41) is 3.91. The average molecular weight is 391 g/mol. The van der Waals surface area contributed by atoms with Crippen LogP contribution in [0.25, 0.3) is 10.9 Å². The van der Waals surface area contributed by atoms with Crippen LogP contribution < -0.4 is 14.8 Å². The van der Waals surface area contributed by atoms with Crippen LogP contribution in [0, 0.1) is 0 Å². The number of rotatable bonds is 5. The fourth-order valence-corrected chi connectivity index (χ4v) is 3.86. The summed E-state index contributed by atoms with van der Waals surface area (Å²) in [7, 11) is 3.18. The lowest BCUT2D eigenvalue weighted by Crippen LogP contribution is -2.33. The maximum Gasteiger partial charge on any atom is 0.256 e. The van der Waals surface area contributed by atoms with E-state index in [1.165, 1.54) is 0 Å². The number of ether oxygens (including phenoxy) is 2. The number of carbonyl (C=O) groups is 1. The topological polar surface area (TPSA) is 63.7 Å². The largest absolute Gasteiger partial charge is 0.497 e. The van der Waals surface area contributed by atoms with Crippen molar-refractivity contribution in [1.82, 2.24) is 9.88 Å². The lowest BCUT2D eigenvalue weighted by molar-refractivity contribution is 0.102. The molecule has 0 aliphatic carbocycles. The molecular formula is C23H25N3O3. The van der Waals surface area contributed by atoms with Crippen LogP contribution in [0.3, 0.4) is 0 Å². The van der Waals surface area contributed by atoms with Gasteiger partial charge < -0.3 is 14.8 Å². The van der Waals surface area contributed by atoms with Crippen molar-refractivity contribution >= 4 is 22.5 Å². The Kier molecular flexibility index (Phi) is 5.36. The number of pyridine rings is 1. The lowest BCUT2D eigenvalue weighted by Gasteiger charge is -2.29. The van der Waals surface area contributed by atoms with Crippen LogP contribution in [0.4, 0.5) is 5.69 Å². The Balaban J connectivity index is 1.80. The lowest BCUT2D eigenvalue weighted by atomic mass is 9.95. The van der Waals surface area contributed by atoms with Gasteiger partial charge >= 0.3 is 0 Å². The van der Waals surface area contributed by atoms with E-state index in [1.807, 2.05) is 24.3 Å². The van der Waals surface area contributed by atoms with Crippen molar-refractivity contribution in [2.75, 3.05) is 32.6 Å². The summed E-state index contributed by atoms with van der Waals surface area (Å²) in [6, 6.07) is 13.2. The van der Waals surface area contributed by atoms with Crippen molar-refractivity contribution < 1.29 is 14.3 Å². The van der Waals surface area contributed by atoms with Gasteiger partial charge in [-0.2, -0.15) is 0 Å². The number of benzene rings is 2. The van der Waals surface area contributed by atoms with Crippen LogP contribution in [0.5, 0.6) is 11.5 Å². The van der Waals surface area contributed by atoms with Gasteiger partial charge in [0.05, 0.1) is 31.0 Å². The Labute approximate surface area is 170 Å². The second-order valence-corrected chi connectivity index (χ2v) is 7.07. The first kappa shape index (κ1) is 19.2. The van der Waals surface area contributed by atoms with Gasteiger partial charge in [-0.05, 0) is 24.7 Å². The molecule has 29 heavy (non-hydrogen) atoms. The molecule has 0 spiro atoms. The quantitative estimate of drug-likeness (QED) is 0.715. The fourth-order valence-electron chi connectivity index (χ4n) is 3.86. The molecule has 6 nitrogen and oxygen atoms in total. The van der Waals surface area contributed by atoms with E-state index in [9.17, 15) is 4.79 Å². The molecule has 6 heteroatoms. The van der Waals surface area contributed by atoms with Crippen LogP contribution >= 0.6 is 0 Å². The van der Waals surface area contributed by atoms with Crippen molar-refractivity contribution in [1.29, 1.82) is 0 Å². The minimum atomic E-state index is -0.152. The average Bonchev–Trinajstić information content (AvgIpc) is 2.77. The third kappa shape index (κ3) is 3.63. The molecule has 0 unspecified atom stereocenters. The number of carbonyl (C=O) groups excluding carboxylic acids is 1. The molecule has 4 rings (SSSR count). The van der Waals surface area contributed by atoms with Crippen LogP contribution in [0.15, 0.2) is 42.5 Å². The summed E-state index contributed by atoms with van der Waals surface area (Å²) in [6.45, 7) is 4.77. The number of hydrogen-bond donors (Lipinski definition) is 1. The van der Waals surface area contributed by atoms with Gasteiger partial charge in [-0.1, -0.05) is 25.1 Å². The Morgan fingerprint density at radius 3 is 2.76 bits per heavy atom. The number of nitrogens with zero attached hydrogens (tertiary/aromatic N) is 2. The summed E-state index contributed by atoms with van der Waals surface area (Å²) >= 11 is 0. The van der Waals surface area contributed by atoms with E-state index >= 15 is 0 Å². The zero-order chi connectivity index (χ0) is 20.4. The molecule has 1 aliphatic rings. The van der Waals surface area contributed by atoms with Crippen LogP contribution in [-0.2, 0) is 13.0 Å². The fraction of sp³-hybridized carbons (Fsp3) is 0.304. The van der Waals surface area contributed by atoms with Crippen molar-refractivity contribution in [3.63, 3.8) is 0 Å². The molecule has 2 heterocycles. The van der Waals surface area contributed by atoms with Gasteiger partial charge in [0.1, 0.15) is 11.5 Å². The second-order valence-electron chi connectivity index (χ2n) is 7.07. The minimum Gasteiger partial charge on any atom is -0.497 e. The highest BCUT2D eigenvalue weighted by molar-refractivity contribution is 6.14. The zero-order valence-electron chi connectivity index (χ0n) is 17.0. The molecule has 3 aromatic rings. The van der Waals surface area contributed by atoms with Crippen LogP contribution in [-0.4, -0.2) is 43.1 Å². The number of fused-ring (bicyclic) bond motifs is 2. The number of aromatic nitrogens is 1. The summed E-state index contributed by atoms with van der Waals surface area (Å²) in [5.41, 5.74) is 4.18. The molecule has 1 aliphatic heterocycles. The van der Waals surface area contributed by atoms with Gasteiger partial charge in [-0.3, -0.25) is 14.7 Å². The van der Waals surface area contributed by atoms with E-state index in [1.54, 1.807) is 32.4 Å². The summed E-state index contributed by atoms with van der Waals surface area (Å²) in [4.78, 5) is 20.7. The number of hydrogen-bond acceptors (Lipinski definition) is 5. The smallest absolute Gasteiger partial charge is 0.256 e. The predicted octanol–water partition coefficient (Wildman–Crippen LogP) is 3.88. The van der Waals surface area contributed by atoms with E-state index in [-0.39, 0.29) is 5.91 Å². The summed E-state index contributed by atoms with van der Waals surface area (Å²) in [5.74, 6) is 1.08. The predicted molar refractivity (Wildman–Crippen MR) is 114 cm³/mol. The summed E-state index contributed by atoms with van der Waals surface area (Å²) in [6.07, 6.45) is 0.847. The molecule has 0 saturated carbocycles. The van der Waals surface area contributed by atoms with Gasteiger partial charge in [0.2, 0.25) is 0 Å². The molecule has 1 amide bonds. The maximum atomic E-state index is 13.5. The molecule has 1 aromatic heterocycles. The molecule has 0 saturated heterocycles. The molecule has 0 atom stereocenters. The van der Waals surface area contributed by atoms with Gasteiger partial charge in [-0.15, -0.1) is 0 Å². The number of nitrogens with one attached hydrogen (secondary N) is 1. The molecule has 0 radical (unpaired) electrons. The number of para-hydroxylation sites is 1. The van der Waals surface area contributed by atoms with Crippen molar-refractivity contribution in [2.45, 2.75) is 19.9 Å². The normalized spacial score (nSPS) is 13.8. The van der Waals surface area contributed by atoms with Crippen molar-refractivity contribution in [3.05, 3.63) is 59.3 Å². The first-order valence-corrected chi connectivity index (χ1v) is 9.80. The Morgan fingerprint density at radius 1 is 1.17 bits per heavy atom. The zero-order valence-corrected chi connectivity index (χ0v) is 17.0. The molecule has 150 valence electrons. The SMILES string of the molecule is CCN1CCc2nc3ccccc3c(C(=O)Nc3ccc(OC)cc3OC)c2C1. The van der Waals surface area contributed by atoms with Gasteiger partial charge in [0.15, 0.2) is 0 Å². The highest BCUT2D eigenvalue weighted by Crippen LogP contribution is 2.32. The highest BCUT2D eigenvalue weighted by atomic mass is 16.5. The highest BCUT2D eigenvalue weighted by Gasteiger charge is 2.25. The van der Waals surface area contributed by atoms with Crippen LogP contribution in [0.2, 0.25) is 0 Å². The van der Waals surface area contributed by atoms with Gasteiger partial charge in [0, 0.05) is 42.2 Å². The van der Waals surface area contributed by atoms with Gasteiger partial charge in [-0.25, -0.2) is 0 Å². The third-order valence-corrected chi connectivity index (χ3v) is 5.46. The second kappa shape index (κ2) is 8.09. The maximum absolute atomic E-state index is 13.5. The molecule has 0 fully saturated rings. The number of methoxy groups -OCH3 is 2. The van der Waals surface area contributed by atoms with Crippen LogP contribution in [0.1, 0.15) is 28.5 Å². The Hall–Kier alpha value is -3.12. The number of likely N-dealkylation sites (N-methyl/N-ethyl adjacent to an activating group) is 1. The van der Waals surface area contributed by atoms with E-state index in [4.69, 9.17) is 14.5 Å². The van der Waals surface area contributed by atoms with Gasteiger partial charge in [0.25, 0.3) is 5.91 Å².